The van der Waals surface area contributed by atoms with E-state index in [0.29, 0.717) is 0 Å². The Hall–Kier alpha value is -1.69. The first-order valence-electron chi connectivity index (χ1n) is 8.65. The molecule has 0 radical (unpaired) electrons. The summed E-state index contributed by atoms with van der Waals surface area (Å²) in [5.41, 5.74) is 0. The monoisotopic (exact) mass is 321 g/mol. The molecule has 0 aromatic rings. The average Bonchev–Trinajstić information content (AvgIpc) is 2.88. The minimum atomic E-state index is -0.320. The molecule has 1 fully saturated rings. The van der Waals surface area contributed by atoms with Gasteiger partial charge in [-0.2, -0.15) is 0 Å². The summed E-state index contributed by atoms with van der Waals surface area (Å²) in [5.74, 6) is -0.609. The summed E-state index contributed by atoms with van der Waals surface area (Å²) in [6.45, 7) is 6.83. The predicted molar refractivity (Wildman–Crippen MR) is 87.6 cm³/mol. The number of hydrogen-bond acceptors (Lipinski definition) is 4. The van der Waals surface area contributed by atoms with Gasteiger partial charge in [0.2, 0.25) is 5.91 Å². The van der Waals surface area contributed by atoms with Crippen molar-refractivity contribution < 1.29 is 14.4 Å². The number of amides is 3. The number of rotatable bonds is 8. The molecule has 1 saturated heterocycles. The minimum Gasteiger partial charge on any atom is -0.340 e. The standard InChI is InChI=1S/C17H27N3O3/c1-2-3-4-5-9-18-11-13-19(14-12-18)15(21)8-10-20-16(22)6-7-17(20)23/h6-7H,2-5,8-14H2,1H3. The van der Waals surface area contributed by atoms with Crippen LogP contribution >= 0.6 is 0 Å². The second kappa shape index (κ2) is 8.82. The van der Waals surface area contributed by atoms with E-state index in [-0.39, 0.29) is 30.7 Å². The number of unbranched alkanes of at least 4 members (excludes halogenated alkanes) is 3. The van der Waals surface area contributed by atoms with Crippen LogP contribution in [0.15, 0.2) is 12.2 Å². The molecule has 2 aliphatic heterocycles. The molecule has 0 atom stereocenters. The molecule has 2 aliphatic rings. The van der Waals surface area contributed by atoms with E-state index in [9.17, 15) is 14.4 Å². The van der Waals surface area contributed by atoms with Crippen molar-refractivity contribution in [1.82, 2.24) is 14.7 Å². The summed E-state index contributed by atoms with van der Waals surface area (Å²) < 4.78 is 0. The Morgan fingerprint density at radius 3 is 2.22 bits per heavy atom. The molecule has 0 bridgehead atoms. The quantitative estimate of drug-likeness (QED) is 0.495. The third kappa shape index (κ3) is 5.16. The highest BCUT2D eigenvalue weighted by Crippen LogP contribution is 2.09. The first-order valence-corrected chi connectivity index (χ1v) is 8.65. The van der Waals surface area contributed by atoms with Crippen LogP contribution in [0.5, 0.6) is 0 Å². The van der Waals surface area contributed by atoms with Crippen LogP contribution in [-0.2, 0) is 14.4 Å². The molecule has 0 unspecified atom stereocenters. The van der Waals surface area contributed by atoms with Crippen molar-refractivity contribution >= 4 is 17.7 Å². The largest absolute Gasteiger partial charge is 0.340 e. The van der Waals surface area contributed by atoms with Gasteiger partial charge in [-0.25, -0.2) is 0 Å². The Balaban J connectivity index is 1.64. The second-order valence-electron chi connectivity index (χ2n) is 6.19. The maximum Gasteiger partial charge on any atom is 0.253 e. The SMILES string of the molecule is CCCCCCN1CCN(C(=O)CCN2C(=O)C=CC2=O)CC1. The van der Waals surface area contributed by atoms with Crippen molar-refractivity contribution in [2.24, 2.45) is 0 Å². The lowest BCUT2D eigenvalue weighted by molar-refractivity contribution is -0.138. The summed E-state index contributed by atoms with van der Waals surface area (Å²) in [6, 6.07) is 0. The fourth-order valence-corrected chi connectivity index (χ4v) is 3.00. The van der Waals surface area contributed by atoms with Gasteiger partial charge < -0.3 is 4.90 Å². The molecule has 2 rings (SSSR count). The summed E-state index contributed by atoms with van der Waals surface area (Å²) in [4.78, 5) is 40.5. The molecule has 0 saturated carbocycles. The predicted octanol–water partition coefficient (Wildman–Crippen LogP) is 1.03. The lowest BCUT2D eigenvalue weighted by Gasteiger charge is -2.35. The summed E-state index contributed by atoms with van der Waals surface area (Å²) in [7, 11) is 0. The van der Waals surface area contributed by atoms with Crippen LogP contribution in [0.2, 0.25) is 0 Å². The van der Waals surface area contributed by atoms with E-state index in [1.54, 1.807) is 0 Å². The van der Waals surface area contributed by atoms with Crippen molar-refractivity contribution in [2.75, 3.05) is 39.3 Å². The third-order valence-electron chi connectivity index (χ3n) is 4.50. The molecule has 0 N–H and O–H groups in total. The lowest BCUT2D eigenvalue weighted by atomic mass is 10.2. The van der Waals surface area contributed by atoms with Crippen LogP contribution in [0.4, 0.5) is 0 Å². The van der Waals surface area contributed by atoms with Crippen LogP contribution in [0.25, 0.3) is 0 Å². The van der Waals surface area contributed by atoms with Crippen LogP contribution in [0.1, 0.15) is 39.0 Å². The maximum atomic E-state index is 12.2. The summed E-state index contributed by atoms with van der Waals surface area (Å²) in [5, 5.41) is 0. The molecule has 128 valence electrons. The first kappa shape index (κ1) is 17.7. The van der Waals surface area contributed by atoms with E-state index >= 15 is 0 Å². The van der Waals surface area contributed by atoms with Crippen molar-refractivity contribution in [3.05, 3.63) is 12.2 Å². The van der Waals surface area contributed by atoms with Gasteiger partial charge >= 0.3 is 0 Å². The molecule has 2 heterocycles. The Labute approximate surface area is 138 Å². The Bertz CT molecular complexity index is 450. The van der Waals surface area contributed by atoms with E-state index in [0.717, 1.165) is 37.6 Å². The highest BCUT2D eigenvalue weighted by Gasteiger charge is 2.26. The molecule has 0 aromatic heterocycles. The Kier molecular flexibility index (Phi) is 6.77. The molecule has 6 nitrogen and oxygen atoms in total. The van der Waals surface area contributed by atoms with E-state index in [1.807, 2.05) is 4.90 Å². The summed E-state index contributed by atoms with van der Waals surface area (Å²) in [6.07, 6.45) is 7.78. The van der Waals surface area contributed by atoms with E-state index in [2.05, 4.69) is 11.8 Å². The summed E-state index contributed by atoms with van der Waals surface area (Å²) >= 11 is 0. The van der Waals surface area contributed by atoms with Gasteiger partial charge in [-0.05, 0) is 13.0 Å². The van der Waals surface area contributed by atoms with Crippen molar-refractivity contribution in [1.29, 1.82) is 0 Å². The number of piperazine rings is 1. The minimum absolute atomic E-state index is 0.0307. The molecular weight excluding hydrogens is 294 g/mol. The van der Waals surface area contributed by atoms with Crippen molar-refractivity contribution in [3.8, 4) is 0 Å². The zero-order valence-corrected chi connectivity index (χ0v) is 14.0. The zero-order chi connectivity index (χ0) is 16.7. The number of nitrogens with zero attached hydrogens (tertiary/aromatic N) is 3. The van der Waals surface area contributed by atoms with Crippen molar-refractivity contribution in [2.45, 2.75) is 39.0 Å². The molecule has 0 aliphatic carbocycles. The van der Waals surface area contributed by atoms with Crippen molar-refractivity contribution in [3.63, 3.8) is 0 Å². The lowest BCUT2D eigenvalue weighted by Crippen LogP contribution is -2.49. The van der Waals surface area contributed by atoms with Gasteiger partial charge in [-0.15, -0.1) is 0 Å². The third-order valence-corrected chi connectivity index (χ3v) is 4.50. The normalized spacial score (nSPS) is 19.0. The van der Waals surface area contributed by atoms with Crippen LogP contribution in [0.3, 0.4) is 0 Å². The van der Waals surface area contributed by atoms with E-state index in [4.69, 9.17) is 0 Å². The smallest absolute Gasteiger partial charge is 0.253 e. The van der Waals surface area contributed by atoms with Gasteiger partial charge in [0.05, 0.1) is 0 Å². The van der Waals surface area contributed by atoms with Crippen LogP contribution in [0, 0.1) is 0 Å². The number of carbonyl (C=O) groups is 3. The molecule has 0 aromatic carbocycles. The molecule has 3 amide bonds. The molecular formula is C17H27N3O3. The Morgan fingerprint density at radius 1 is 0.957 bits per heavy atom. The number of carbonyl (C=O) groups excluding carboxylic acids is 3. The van der Waals surface area contributed by atoms with Gasteiger partial charge in [0, 0.05) is 51.3 Å². The van der Waals surface area contributed by atoms with Crippen LogP contribution in [-0.4, -0.2) is 71.7 Å². The first-order chi connectivity index (χ1) is 11.1. The van der Waals surface area contributed by atoms with Crippen LogP contribution < -0.4 is 0 Å². The van der Waals surface area contributed by atoms with Gasteiger partial charge in [0.15, 0.2) is 0 Å². The van der Waals surface area contributed by atoms with Gasteiger partial charge in [0.1, 0.15) is 0 Å². The number of imide groups is 1. The molecule has 6 heteroatoms. The second-order valence-corrected chi connectivity index (χ2v) is 6.19. The highest BCUT2D eigenvalue weighted by atomic mass is 16.2. The molecule has 0 spiro atoms. The maximum absolute atomic E-state index is 12.2. The van der Waals surface area contributed by atoms with Gasteiger partial charge in [-0.3, -0.25) is 24.2 Å². The Morgan fingerprint density at radius 2 is 1.61 bits per heavy atom. The van der Waals surface area contributed by atoms with Gasteiger partial charge in [0.25, 0.3) is 11.8 Å². The van der Waals surface area contributed by atoms with Gasteiger partial charge in [-0.1, -0.05) is 26.2 Å². The van der Waals surface area contributed by atoms with E-state index in [1.165, 1.54) is 37.8 Å². The number of hydrogen-bond donors (Lipinski definition) is 0. The fourth-order valence-electron chi connectivity index (χ4n) is 3.00. The average molecular weight is 321 g/mol. The highest BCUT2D eigenvalue weighted by molar-refractivity contribution is 6.13. The zero-order valence-electron chi connectivity index (χ0n) is 14.0. The van der Waals surface area contributed by atoms with E-state index < -0.39 is 0 Å². The topological polar surface area (TPSA) is 60.9 Å². The molecule has 23 heavy (non-hydrogen) atoms. The fraction of sp³-hybridized carbons (Fsp3) is 0.706.